The van der Waals surface area contributed by atoms with E-state index in [0.717, 1.165) is 22.4 Å². The quantitative estimate of drug-likeness (QED) is 0.338. The van der Waals surface area contributed by atoms with Crippen LogP contribution in [0.4, 0.5) is 0 Å². The molecule has 7 heteroatoms. The second kappa shape index (κ2) is 9.26. The molecule has 0 aliphatic rings. The maximum Gasteiger partial charge on any atom is 0.360 e. The molecule has 7 nitrogen and oxygen atoms in total. The molecule has 0 N–H and O–H groups in total. The molecule has 0 atom stereocenters. The van der Waals surface area contributed by atoms with Crippen LogP contribution in [0.5, 0.6) is 5.88 Å². The highest BCUT2D eigenvalue weighted by Gasteiger charge is 2.20. The number of carbonyl (C=O) groups excluding carboxylic acids is 1. The van der Waals surface area contributed by atoms with E-state index in [1.807, 2.05) is 31.3 Å². The Morgan fingerprint density at radius 2 is 1.87 bits per heavy atom. The number of methoxy groups -OCH3 is 1. The largest absolute Gasteiger partial charge is 0.473 e. The summed E-state index contributed by atoms with van der Waals surface area (Å²) in [5, 5.41) is 8.41. The van der Waals surface area contributed by atoms with Crippen molar-refractivity contribution >= 4 is 11.7 Å². The van der Waals surface area contributed by atoms with Crippen molar-refractivity contribution in [1.82, 2.24) is 9.78 Å². The number of oxime groups is 1. The fraction of sp³-hybridized carbons (Fsp3) is 0.261. The number of aryl methyl sites for hydroxylation is 3. The van der Waals surface area contributed by atoms with Crippen LogP contribution in [0, 0.1) is 13.8 Å². The molecule has 0 bridgehead atoms. The highest BCUT2D eigenvalue weighted by atomic mass is 16.6. The Morgan fingerprint density at radius 1 is 1.10 bits per heavy atom. The Balaban J connectivity index is 1.86. The third kappa shape index (κ3) is 4.51. The van der Waals surface area contributed by atoms with Crippen molar-refractivity contribution in [2.75, 3.05) is 14.2 Å². The molecule has 3 rings (SSSR count). The number of hydrogen-bond donors (Lipinski definition) is 0. The first-order valence-electron chi connectivity index (χ1n) is 9.46. The summed E-state index contributed by atoms with van der Waals surface area (Å²) in [5.74, 6) is 0.0324. The van der Waals surface area contributed by atoms with Crippen molar-refractivity contribution in [1.29, 1.82) is 0 Å². The summed E-state index contributed by atoms with van der Waals surface area (Å²) in [6, 6.07) is 15.5. The number of hydrogen-bond acceptors (Lipinski definition) is 6. The molecule has 0 aliphatic heterocycles. The van der Waals surface area contributed by atoms with Crippen LogP contribution >= 0.6 is 0 Å². The summed E-state index contributed by atoms with van der Waals surface area (Å²) in [7, 11) is 4.52. The van der Waals surface area contributed by atoms with Gasteiger partial charge in [-0.1, -0.05) is 53.2 Å². The van der Waals surface area contributed by atoms with Gasteiger partial charge in [0.1, 0.15) is 13.7 Å². The first-order chi connectivity index (χ1) is 14.4. The predicted molar refractivity (Wildman–Crippen MR) is 114 cm³/mol. The van der Waals surface area contributed by atoms with Gasteiger partial charge >= 0.3 is 5.97 Å². The van der Waals surface area contributed by atoms with Gasteiger partial charge in [0.25, 0.3) is 0 Å². The molecule has 0 saturated heterocycles. The van der Waals surface area contributed by atoms with Gasteiger partial charge in [0.15, 0.2) is 5.71 Å². The second-order valence-corrected chi connectivity index (χ2v) is 6.87. The number of benzene rings is 2. The monoisotopic (exact) mass is 407 g/mol. The second-order valence-electron chi connectivity index (χ2n) is 6.87. The van der Waals surface area contributed by atoms with E-state index in [0.29, 0.717) is 11.4 Å². The van der Waals surface area contributed by atoms with Gasteiger partial charge in [-0.15, -0.1) is 0 Å². The van der Waals surface area contributed by atoms with Crippen LogP contribution in [0.3, 0.4) is 0 Å². The average molecular weight is 407 g/mol. The number of rotatable bonds is 7. The highest BCUT2D eigenvalue weighted by Crippen LogP contribution is 2.27. The minimum atomic E-state index is -0.582. The molecule has 3 aromatic rings. The summed E-state index contributed by atoms with van der Waals surface area (Å²) in [6.45, 7) is 4.36. The highest BCUT2D eigenvalue weighted by molar-refractivity contribution is 6.43. The number of aromatic nitrogens is 2. The molecule has 0 radical (unpaired) electrons. The topological polar surface area (TPSA) is 74.9 Å². The van der Waals surface area contributed by atoms with Crippen LogP contribution in [-0.4, -0.2) is 35.7 Å². The molecule has 0 aliphatic carbocycles. The third-order valence-electron chi connectivity index (χ3n) is 4.70. The molecular weight excluding hydrogens is 382 g/mol. The summed E-state index contributed by atoms with van der Waals surface area (Å²) >= 11 is 0. The fourth-order valence-electron chi connectivity index (χ4n) is 3.23. The van der Waals surface area contributed by atoms with Gasteiger partial charge in [-0.3, -0.25) is 0 Å². The van der Waals surface area contributed by atoms with Gasteiger partial charge in [0.05, 0.1) is 12.8 Å². The van der Waals surface area contributed by atoms with Crippen molar-refractivity contribution in [2.45, 2.75) is 20.5 Å². The van der Waals surface area contributed by atoms with Crippen LogP contribution in [0.15, 0.2) is 53.7 Å². The zero-order chi connectivity index (χ0) is 21.7. The molecule has 0 spiro atoms. The summed E-state index contributed by atoms with van der Waals surface area (Å²) in [6.07, 6.45) is 0. The molecule has 30 heavy (non-hydrogen) atoms. The molecule has 156 valence electrons. The Hall–Kier alpha value is -3.61. The zero-order valence-corrected chi connectivity index (χ0v) is 17.8. The normalized spacial score (nSPS) is 11.3. The van der Waals surface area contributed by atoms with Crippen LogP contribution in [0.25, 0.3) is 11.3 Å². The smallest absolute Gasteiger partial charge is 0.360 e. The molecule has 1 aromatic heterocycles. The van der Waals surface area contributed by atoms with E-state index in [9.17, 15) is 4.79 Å². The van der Waals surface area contributed by atoms with E-state index in [2.05, 4.69) is 42.3 Å². The Bertz CT molecular complexity index is 1090. The maximum atomic E-state index is 12.1. The lowest BCUT2D eigenvalue weighted by Gasteiger charge is -2.11. The lowest BCUT2D eigenvalue weighted by molar-refractivity contribution is -0.132. The first-order valence-corrected chi connectivity index (χ1v) is 9.46. The van der Waals surface area contributed by atoms with Gasteiger partial charge in [-0.25, -0.2) is 9.48 Å². The van der Waals surface area contributed by atoms with Crippen molar-refractivity contribution in [3.63, 3.8) is 0 Å². The van der Waals surface area contributed by atoms with Crippen LogP contribution in [0.1, 0.15) is 22.3 Å². The van der Waals surface area contributed by atoms with E-state index in [1.54, 1.807) is 10.7 Å². The standard InChI is InChI=1S/C23H25N3O4/c1-15-10-11-18(16(2)12-15)20-13-21(26(3)24-20)30-14-17-8-6-7-9-19(17)22(25-29-5)23(27)28-4/h6-13H,14H2,1-5H3/b25-22+. The van der Waals surface area contributed by atoms with Gasteiger partial charge in [0, 0.05) is 24.2 Å². The summed E-state index contributed by atoms with van der Waals surface area (Å²) < 4.78 is 12.5. The Labute approximate surface area is 175 Å². The summed E-state index contributed by atoms with van der Waals surface area (Å²) in [4.78, 5) is 16.9. The van der Waals surface area contributed by atoms with E-state index in [-0.39, 0.29) is 12.3 Å². The lowest BCUT2D eigenvalue weighted by atomic mass is 10.0. The Kier molecular flexibility index (Phi) is 6.51. The van der Waals surface area contributed by atoms with Crippen molar-refractivity contribution < 1.29 is 19.1 Å². The van der Waals surface area contributed by atoms with Crippen molar-refractivity contribution in [3.8, 4) is 17.1 Å². The lowest BCUT2D eigenvalue weighted by Crippen LogP contribution is -2.20. The van der Waals surface area contributed by atoms with E-state index in [4.69, 9.17) is 14.3 Å². The number of nitrogens with zero attached hydrogens (tertiary/aromatic N) is 3. The van der Waals surface area contributed by atoms with E-state index >= 15 is 0 Å². The van der Waals surface area contributed by atoms with Gasteiger partial charge in [-0.2, -0.15) is 5.10 Å². The maximum absolute atomic E-state index is 12.1. The van der Waals surface area contributed by atoms with Gasteiger partial charge < -0.3 is 14.3 Å². The summed E-state index contributed by atoms with van der Waals surface area (Å²) in [5.41, 5.74) is 5.71. The molecule has 0 fully saturated rings. The SMILES string of the molecule is CO/N=C(/C(=O)OC)c1ccccc1COc1cc(-c2ccc(C)cc2C)nn1C. The minimum Gasteiger partial charge on any atom is -0.473 e. The van der Waals surface area contributed by atoms with Gasteiger partial charge in [0.2, 0.25) is 5.88 Å². The zero-order valence-electron chi connectivity index (χ0n) is 17.8. The molecular formula is C23H25N3O4. The van der Waals surface area contributed by atoms with Crippen LogP contribution < -0.4 is 4.74 Å². The number of ether oxygens (including phenoxy) is 2. The van der Waals surface area contributed by atoms with Crippen LogP contribution in [-0.2, 0) is 28.0 Å². The Morgan fingerprint density at radius 3 is 2.57 bits per heavy atom. The van der Waals surface area contributed by atoms with E-state index in [1.165, 1.54) is 19.8 Å². The molecule has 0 saturated carbocycles. The van der Waals surface area contributed by atoms with Gasteiger partial charge in [-0.05, 0) is 25.0 Å². The number of esters is 1. The molecule has 2 aromatic carbocycles. The van der Waals surface area contributed by atoms with Crippen molar-refractivity contribution in [2.24, 2.45) is 12.2 Å². The molecule has 0 unspecified atom stereocenters. The van der Waals surface area contributed by atoms with E-state index < -0.39 is 5.97 Å². The average Bonchev–Trinajstić information content (AvgIpc) is 3.10. The number of carbonyl (C=O) groups is 1. The first kappa shape index (κ1) is 21.1. The third-order valence-corrected chi connectivity index (χ3v) is 4.70. The molecule has 1 heterocycles. The predicted octanol–water partition coefficient (Wildman–Crippen LogP) is 3.81. The molecule has 0 amide bonds. The fourth-order valence-corrected chi connectivity index (χ4v) is 3.23. The van der Waals surface area contributed by atoms with Crippen LogP contribution in [0.2, 0.25) is 0 Å². The van der Waals surface area contributed by atoms with Crippen molar-refractivity contribution in [3.05, 3.63) is 70.8 Å². The minimum absolute atomic E-state index is 0.0835.